The summed E-state index contributed by atoms with van der Waals surface area (Å²) in [5, 5.41) is 5.88. The smallest absolute Gasteiger partial charge is 0.239 e. The zero-order valence-corrected chi connectivity index (χ0v) is 16.2. The van der Waals surface area contributed by atoms with Crippen LogP contribution in [-0.4, -0.2) is 22.7 Å². The molecule has 0 unspecified atom stereocenters. The molecule has 2 aromatic rings. The maximum atomic E-state index is 12.8. The van der Waals surface area contributed by atoms with Gasteiger partial charge in [0.25, 0.3) is 0 Å². The van der Waals surface area contributed by atoms with E-state index in [-0.39, 0.29) is 17.3 Å². The van der Waals surface area contributed by atoms with Gasteiger partial charge in [-0.25, -0.2) is 0 Å². The van der Waals surface area contributed by atoms with Crippen molar-refractivity contribution in [3.05, 3.63) is 69.7 Å². The van der Waals surface area contributed by atoms with Crippen molar-refractivity contribution in [3.8, 4) is 0 Å². The van der Waals surface area contributed by atoms with Crippen LogP contribution in [-0.2, 0) is 9.59 Å². The SMILES string of the molecule is O=C(C[C@@H](c1ccc(Cl)cc1)C1C(=O)NC(=S)NC1=O)c1ccc(Cl)cc1. The lowest BCUT2D eigenvalue weighted by atomic mass is 9.80. The number of ketones is 1. The third-order valence-corrected chi connectivity index (χ3v) is 5.02. The van der Waals surface area contributed by atoms with Crippen molar-refractivity contribution < 1.29 is 14.4 Å². The van der Waals surface area contributed by atoms with E-state index in [4.69, 9.17) is 35.4 Å². The van der Waals surface area contributed by atoms with E-state index < -0.39 is 23.7 Å². The van der Waals surface area contributed by atoms with Crippen molar-refractivity contribution in [1.29, 1.82) is 0 Å². The van der Waals surface area contributed by atoms with Gasteiger partial charge in [-0.05, 0) is 54.2 Å². The van der Waals surface area contributed by atoms with Crippen molar-refractivity contribution in [2.45, 2.75) is 12.3 Å². The molecule has 0 spiro atoms. The number of carbonyl (C=O) groups excluding carboxylic acids is 3. The van der Waals surface area contributed by atoms with Gasteiger partial charge in [0, 0.05) is 27.9 Å². The Morgan fingerprint density at radius 3 is 1.93 bits per heavy atom. The Kier molecular flexibility index (Phi) is 5.89. The van der Waals surface area contributed by atoms with E-state index >= 15 is 0 Å². The molecule has 1 aliphatic heterocycles. The van der Waals surface area contributed by atoms with Crippen LogP contribution >= 0.6 is 35.4 Å². The van der Waals surface area contributed by atoms with E-state index in [0.717, 1.165) is 0 Å². The molecule has 0 aliphatic carbocycles. The predicted molar refractivity (Wildman–Crippen MR) is 107 cm³/mol. The van der Waals surface area contributed by atoms with Crippen molar-refractivity contribution in [1.82, 2.24) is 10.6 Å². The van der Waals surface area contributed by atoms with Crippen LogP contribution in [0.2, 0.25) is 10.0 Å². The summed E-state index contributed by atoms with van der Waals surface area (Å²) in [6.07, 6.45) is -0.0401. The highest BCUT2D eigenvalue weighted by Gasteiger charge is 2.40. The Bertz CT molecular complexity index is 894. The molecule has 1 atom stereocenters. The molecule has 1 heterocycles. The van der Waals surface area contributed by atoms with E-state index in [1.165, 1.54) is 0 Å². The predicted octanol–water partition coefficient (Wildman–Crippen LogP) is 3.50. The van der Waals surface area contributed by atoms with Crippen LogP contribution in [0.3, 0.4) is 0 Å². The highest BCUT2D eigenvalue weighted by atomic mass is 35.5. The number of Topliss-reactive ketones (excluding diaryl/α,β-unsaturated/α-hetero) is 1. The largest absolute Gasteiger partial charge is 0.302 e. The van der Waals surface area contributed by atoms with E-state index in [9.17, 15) is 14.4 Å². The zero-order chi connectivity index (χ0) is 19.6. The third-order valence-electron chi connectivity index (χ3n) is 4.31. The maximum absolute atomic E-state index is 12.8. The zero-order valence-electron chi connectivity index (χ0n) is 13.9. The highest BCUT2D eigenvalue weighted by molar-refractivity contribution is 7.80. The number of hydrogen-bond donors (Lipinski definition) is 2. The summed E-state index contributed by atoms with van der Waals surface area (Å²) in [7, 11) is 0. The number of hydrogen-bond acceptors (Lipinski definition) is 4. The van der Waals surface area contributed by atoms with Gasteiger partial charge in [-0.3, -0.25) is 14.4 Å². The average molecular weight is 421 g/mol. The van der Waals surface area contributed by atoms with E-state index in [0.29, 0.717) is 21.2 Å². The lowest BCUT2D eigenvalue weighted by molar-refractivity contribution is -0.136. The van der Waals surface area contributed by atoms with E-state index in [1.54, 1.807) is 48.5 Å². The Morgan fingerprint density at radius 1 is 0.926 bits per heavy atom. The first kappa shape index (κ1) is 19.5. The molecule has 8 heteroatoms. The lowest BCUT2D eigenvalue weighted by Gasteiger charge is -2.29. The van der Waals surface area contributed by atoms with Gasteiger partial charge in [0.05, 0.1) is 0 Å². The van der Waals surface area contributed by atoms with Crippen molar-refractivity contribution >= 4 is 58.1 Å². The topological polar surface area (TPSA) is 75.3 Å². The second-order valence-corrected chi connectivity index (χ2v) is 7.36. The average Bonchev–Trinajstić information content (AvgIpc) is 2.61. The Labute approximate surface area is 171 Å². The molecule has 27 heavy (non-hydrogen) atoms. The van der Waals surface area contributed by atoms with Crippen LogP contribution in [0.5, 0.6) is 0 Å². The van der Waals surface area contributed by atoms with Crippen LogP contribution in [0.1, 0.15) is 28.3 Å². The van der Waals surface area contributed by atoms with Gasteiger partial charge in [0.15, 0.2) is 10.9 Å². The number of nitrogens with one attached hydrogen (secondary N) is 2. The normalized spacial score (nSPS) is 15.9. The Balaban J connectivity index is 1.94. The summed E-state index contributed by atoms with van der Waals surface area (Å²) in [6.45, 7) is 0. The summed E-state index contributed by atoms with van der Waals surface area (Å²) in [5.41, 5.74) is 1.11. The summed E-state index contributed by atoms with van der Waals surface area (Å²) in [4.78, 5) is 37.7. The molecular weight excluding hydrogens is 407 g/mol. The van der Waals surface area contributed by atoms with E-state index in [2.05, 4.69) is 10.6 Å². The fourth-order valence-electron chi connectivity index (χ4n) is 2.99. The van der Waals surface area contributed by atoms with Gasteiger partial charge >= 0.3 is 0 Å². The molecule has 1 aliphatic rings. The number of halogens is 2. The number of thiocarbonyl (C=S) groups is 1. The minimum absolute atomic E-state index is 0.0401. The van der Waals surface area contributed by atoms with Gasteiger partial charge in [-0.1, -0.05) is 35.3 Å². The first-order valence-corrected chi connectivity index (χ1v) is 9.21. The molecule has 1 fully saturated rings. The second-order valence-electron chi connectivity index (χ2n) is 6.08. The molecule has 3 rings (SSSR count). The summed E-state index contributed by atoms with van der Waals surface area (Å²) < 4.78 is 0. The molecule has 2 N–H and O–H groups in total. The van der Waals surface area contributed by atoms with Gasteiger partial charge < -0.3 is 10.6 Å². The third kappa shape index (κ3) is 4.53. The first-order valence-electron chi connectivity index (χ1n) is 8.05. The second kappa shape index (κ2) is 8.17. The Morgan fingerprint density at radius 2 is 1.41 bits per heavy atom. The quantitative estimate of drug-likeness (QED) is 0.440. The molecule has 1 saturated heterocycles. The standard InChI is InChI=1S/C19H14Cl2N2O3S/c20-12-5-1-10(2-6-12)14(16-17(25)22-19(27)23-18(16)26)9-15(24)11-3-7-13(21)8-4-11/h1-8,14,16H,9H2,(H2,22,23,25,26,27)/t14-/m0/s1. The lowest BCUT2D eigenvalue weighted by Crippen LogP contribution is -2.57. The minimum Gasteiger partial charge on any atom is -0.302 e. The molecule has 5 nitrogen and oxygen atoms in total. The van der Waals surface area contributed by atoms with Crippen LogP contribution in [0.4, 0.5) is 0 Å². The molecule has 138 valence electrons. The number of carbonyl (C=O) groups is 3. The van der Waals surface area contributed by atoms with Crippen molar-refractivity contribution in [3.63, 3.8) is 0 Å². The summed E-state index contributed by atoms with van der Waals surface area (Å²) in [6, 6.07) is 13.2. The maximum Gasteiger partial charge on any atom is 0.239 e. The fraction of sp³-hybridized carbons (Fsp3) is 0.158. The molecule has 0 saturated carbocycles. The van der Waals surface area contributed by atoms with Crippen LogP contribution in [0, 0.1) is 5.92 Å². The van der Waals surface area contributed by atoms with Gasteiger partial charge in [0.2, 0.25) is 11.8 Å². The molecular formula is C19H14Cl2N2O3S. The number of amides is 2. The van der Waals surface area contributed by atoms with Gasteiger partial charge in [-0.15, -0.1) is 0 Å². The Hall–Kier alpha value is -2.28. The molecule has 2 aromatic carbocycles. The van der Waals surface area contributed by atoms with Crippen LogP contribution in [0.15, 0.2) is 48.5 Å². The van der Waals surface area contributed by atoms with Crippen LogP contribution in [0.25, 0.3) is 0 Å². The van der Waals surface area contributed by atoms with Gasteiger partial charge in [0.1, 0.15) is 5.92 Å². The van der Waals surface area contributed by atoms with E-state index in [1.807, 2.05) is 0 Å². The first-order chi connectivity index (χ1) is 12.8. The molecule has 0 bridgehead atoms. The fourth-order valence-corrected chi connectivity index (χ4v) is 3.44. The molecule has 0 aromatic heterocycles. The highest BCUT2D eigenvalue weighted by Crippen LogP contribution is 2.32. The number of benzene rings is 2. The molecule has 0 radical (unpaired) electrons. The molecule has 2 amide bonds. The summed E-state index contributed by atoms with van der Waals surface area (Å²) in [5.74, 6) is -3.04. The monoisotopic (exact) mass is 420 g/mol. The minimum atomic E-state index is -1.09. The number of rotatable bonds is 5. The summed E-state index contributed by atoms with van der Waals surface area (Å²) >= 11 is 16.7. The van der Waals surface area contributed by atoms with Crippen molar-refractivity contribution in [2.24, 2.45) is 5.92 Å². The van der Waals surface area contributed by atoms with Gasteiger partial charge in [-0.2, -0.15) is 0 Å². The van der Waals surface area contributed by atoms with Crippen LogP contribution < -0.4 is 10.6 Å². The van der Waals surface area contributed by atoms with Crippen molar-refractivity contribution in [2.75, 3.05) is 0 Å².